The second-order valence-corrected chi connectivity index (χ2v) is 3.91. The van der Waals surface area contributed by atoms with Gasteiger partial charge >= 0.3 is 11.9 Å². The van der Waals surface area contributed by atoms with Crippen molar-refractivity contribution < 1.29 is 19.8 Å². The molecule has 0 aromatic heterocycles. The van der Waals surface area contributed by atoms with Crippen LogP contribution in [0.5, 0.6) is 0 Å². The molecular weight excluding hydrogens is 220 g/mol. The SMILES string of the molecule is CC(=Cc1c(C)ccc(C(=O)O)c1C)C(=O)O. The lowest BCUT2D eigenvalue weighted by atomic mass is 9.96. The molecule has 0 saturated heterocycles. The van der Waals surface area contributed by atoms with E-state index in [2.05, 4.69) is 0 Å². The van der Waals surface area contributed by atoms with Crippen molar-refractivity contribution in [1.82, 2.24) is 0 Å². The smallest absolute Gasteiger partial charge is 0.335 e. The Balaban J connectivity index is 3.43. The highest BCUT2D eigenvalue weighted by Gasteiger charge is 2.12. The molecule has 0 saturated carbocycles. The normalized spacial score (nSPS) is 11.4. The summed E-state index contributed by atoms with van der Waals surface area (Å²) in [4.78, 5) is 21.7. The molecule has 0 unspecified atom stereocenters. The summed E-state index contributed by atoms with van der Waals surface area (Å²) in [6.07, 6.45) is 1.50. The second kappa shape index (κ2) is 4.82. The molecule has 0 spiro atoms. The first-order chi connectivity index (χ1) is 7.84. The summed E-state index contributed by atoms with van der Waals surface area (Å²) in [5.41, 5.74) is 2.47. The van der Waals surface area contributed by atoms with Gasteiger partial charge in [-0.1, -0.05) is 6.07 Å². The van der Waals surface area contributed by atoms with E-state index in [1.54, 1.807) is 13.0 Å². The fourth-order valence-electron chi connectivity index (χ4n) is 1.60. The molecule has 0 heterocycles. The minimum Gasteiger partial charge on any atom is -0.478 e. The Hall–Kier alpha value is -2.10. The van der Waals surface area contributed by atoms with Gasteiger partial charge in [-0.15, -0.1) is 0 Å². The van der Waals surface area contributed by atoms with Crippen LogP contribution in [0, 0.1) is 13.8 Å². The number of carbonyl (C=O) groups is 2. The van der Waals surface area contributed by atoms with E-state index >= 15 is 0 Å². The quantitative estimate of drug-likeness (QED) is 0.788. The van der Waals surface area contributed by atoms with Gasteiger partial charge in [0.2, 0.25) is 0 Å². The monoisotopic (exact) mass is 234 g/mol. The van der Waals surface area contributed by atoms with Gasteiger partial charge in [-0.2, -0.15) is 0 Å². The van der Waals surface area contributed by atoms with Crippen molar-refractivity contribution in [2.45, 2.75) is 20.8 Å². The Labute approximate surface area is 99.2 Å². The summed E-state index contributed by atoms with van der Waals surface area (Å²) in [5.74, 6) is -2.02. The third-order valence-electron chi connectivity index (χ3n) is 2.66. The van der Waals surface area contributed by atoms with E-state index in [0.29, 0.717) is 11.1 Å². The number of benzene rings is 1. The molecule has 90 valence electrons. The van der Waals surface area contributed by atoms with E-state index in [9.17, 15) is 9.59 Å². The Morgan fingerprint density at radius 2 is 1.76 bits per heavy atom. The van der Waals surface area contributed by atoms with Crippen molar-refractivity contribution in [3.05, 3.63) is 40.0 Å². The zero-order chi connectivity index (χ0) is 13.2. The van der Waals surface area contributed by atoms with E-state index in [4.69, 9.17) is 10.2 Å². The van der Waals surface area contributed by atoms with Crippen molar-refractivity contribution in [2.24, 2.45) is 0 Å². The van der Waals surface area contributed by atoms with Crippen LogP contribution in [-0.4, -0.2) is 22.2 Å². The number of hydrogen-bond acceptors (Lipinski definition) is 2. The maximum atomic E-state index is 11.0. The number of carboxylic acids is 2. The first-order valence-corrected chi connectivity index (χ1v) is 5.09. The number of aromatic carboxylic acids is 1. The Morgan fingerprint density at radius 1 is 1.18 bits per heavy atom. The number of aryl methyl sites for hydroxylation is 1. The third kappa shape index (κ3) is 2.72. The van der Waals surface area contributed by atoms with Crippen LogP contribution in [0.3, 0.4) is 0 Å². The van der Waals surface area contributed by atoms with E-state index in [0.717, 1.165) is 5.56 Å². The van der Waals surface area contributed by atoms with Crippen molar-refractivity contribution >= 4 is 18.0 Å². The third-order valence-corrected chi connectivity index (χ3v) is 2.66. The van der Waals surface area contributed by atoms with E-state index in [-0.39, 0.29) is 11.1 Å². The second-order valence-electron chi connectivity index (χ2n) is 3.91. The van der Waals surface area contributed by atoms with Crippen LogP contribution in [0.2, 0.25) is 0 Å². The average molecular weight is 234 g/mol. The largest absolute Gasteiger partial charge is 0.478 e. The number of rotatable bonds is 3. The van der Waals surface area contributed by atoms with Crippen LogP contribution < -0.4 is 0 Å². The average Bonchev–Trinajstić information content (AvgIpc) is 2.22. The van der Waals surface area contributed by atoms with Gasteiger partial charge in [0.15, 0.2) is 0 Å². The molecule has 0 radical (unpaired) electrons. The van der Waals surface area contributed by atoms with Gasteiger partial charge in [-0.05, 0) is 49.6 Å². The van der Waals surface area contributed by atoms with E-state index in [1.165, 1.54) is 19.1 Å². The van der Waals surface area contributed by atoms with Gasteiger partial charge in [-0.3, -0.25) is 0 Å². The summed E-state index contributed by atoms with van der Waals surface area (Å²) in [6, 6.07) is 3.21. The molecule has 0 aliphatic rings. The maximum absolute atomic E-state index is 11.0. The molecule has 0 aliphatic carbocycles. The molecule has 4 heteroatoms. The summed E-state index contributed by atoms with van der Waals surface area (Å²) in [6.45, 7) is 4.98. The molecule has 17 heavy (non-hydrogen) atoms. The zero-order valence-electron chi connectivity index (χ0n) is 9.94. The predicted octanol–water partition coefficient (Wildman–Crippen LogP) is 2.49. The van der Waals surface area contributed by atoms with Crippen LogP contribution >= 0.6 is 0 Å². The molecule has 0 atom stereocenters. The predicted molar refractivity (Wildman–Crippen MR) is 64.2 cm³/mol. The van der Waals surface area contributed by atoms with Gasteiger partial charge in [0.05, 0.1) is 5.56 Å². The molecule has 4 nitrogen and oxygen atoms in total. The van der Waals surface area contributed by atoms with Gasteiger partial charge < -0.3 is 10.2 Å². The molecule has 0 fully saturated rings. The van der Waals surface area contributed by atoms with E-state index in [1.807, 2.05) is 6.92 Å². The van der Waals surface area contributed by atoms with Crippen molar-refractivity contribution in [2.75, 3.05) is 0 Å². The summed E-state index contributed by atoms with van der Waals surface area (Å²) in [7, 11) is 0. The molecular formula is C13H14O4. The fraction of sp³-hybridized carbons (Fsp3) is 0.231. The molecule has 1 aromatic rings. The molecule has 1 rings (SSSR count). The molecule has 0 aliphatic heterocycles. The highest BCUT2D eigenvalue weighted by molar-refractivity contribution is 5.94. The fourth-order valence-corrected chi connectivity index (χ4v) is 1.60. The highest BCUT2D eigenvalue weighted by Crippen LogP contribution is 2.21. The molecule has 1 aromatic carbocycles. The summed E-state index contributed by atoms with van der Waals surface area (Å²) in [5, 5.41) is 17.8. The minimum atomic E-state index is -1.01. The highest BCUT2D eigenvalue weighted by atomic mass is 16.4. The Bertz CT molecular complexity index is 512. The summed E-state index contributed by atoms with van der Waals surface area (Å²) < 4.78 is 0. The lowest BCUT2D eigenvalue weighted by molar-refractivity contribution is -0.132. The standard InChI is InChI=1S/C13H14O4/c1-7-4-5-10(13(16)17)9(3)11(7)6-8(2)12(14)15/h4-6H,1-3H3,(H,14,15)(H,16,17). The van der Waals surface area contributed by atoms with Crippen LogP contribution in [0.15, 0.2) is 17.7 Å². The Morgan fingerprint density at radius 3 is 2.24 bits per heavy atom. The first-order valence-electron chi connectivity index (χ1n) is 5.09. The van der Waals surface area contributed by atoms with Crippen LogP contribution in [0.4, 0.5) is 0 Å². The minimum absolute atomic E-state index is 0.179. The lowest BCUT2D eigenvalue weighted by Gasteiger charge is -2.09. The number of hydrogen-bond donors (Lipinski definition) is 2. The zero-order valence-corrected chi connectivity index (χ0v) is 9.94. The molecule has 2 N–H and O–H groups in total. The maximum Gasteiger partial charge on any atom is 0.335 e. The van der Waals surface area contributed by atoms with Crippen molar-refractivity contribution in [1.29, 1.82) is 0 Å². The van der Waals surface area contributed by atoms with Gasteiger partial charge in [-0.25, -0.2) is 9.59 Å². The lowest BCUT2D eigenvalue weighted by Crippen LogP contribution is -2.03. The van der Waals surface area contributed by atoms with E-state index < -0.39 is 11.9 Å². The number of aliphatic carboxylic acids is 1. The van der Waals surface area contributed by atoms with Crippen LogP contribution in [0.25, 0.3) is 6.08 Å². The molecule has 0 bridgehead atoms. The van der Waals surface area contributed by atoms with Crippen LogP contribution in [0.1, 0.15) is 34.0 Å². The van der Waals surface area contributed by atoms with Crippen molar-refractivity contribution in [3.63, 3.8) is 0 Å². The molecule has 0 amide bonds. The Kier molecular flexibility index (Phi) is 3.68. The first kappa shape index (κ1) is 13.0. The summed E-state index contributed by atoms with van der Waals surface area (Å²) >= 11 is 0. The number of carboxylic acid groups (broad SMARTS) is 2. The topological polar surface area (TPSA) is 74.6 Å². The van der Waals surface area contributed by atoms with Gasteiger partial charge in [0.25, 0.3) is 0 Å². The van der Waals surface area contributed by atoms with Gasteiger partial charge in [0, 0.05) is 5.57 Å². The van der Waals surface area contributed by atoms with Crippen LogP contribution in [-0.2, 0) is 4.79 Å². The van der Waals surface area contributed by atoms with Gasteiger partial charge in [0.1, 0.15) is 0 Å². The van der Waals surface area contributed by atoms with Crippen molar-refractivity contribution in [3.8, 4) is 0 Å².